The van der Waals surface area contributed by atoms with Crippen LogP contribution in [0.25, 0.3) is 0 Å². The van der Waals surface area contributed by atoms with Crippen molar-refractivity contribution in [2.24, 2.45) is 0 Å². The van der Waals surface area contributed by atoms with Crippen LogP contribution in [-0.2, 0) is 14.2 Å². The Bertz CT molecular complexity index is 190. The van der Waals surface area contributed by atoms with Gasteiger partial charge in [0.15, 0.2) is 6.10 Å². The molecule has 0 amide bonds. The zero-order valence-electron chi connectivity index (χ0n) is 7.63. The highest BCUT2D eigenvalue weighted by atomic mass is 16.7. The van der Waals surface area contributed by atoms with Gasteiger partial charge in [-0.2, -0.15) is 0 Å². The first-order valence-electron chi connectivity index (χ1n) is 3.89. The average molecular weight is 208 g/mol. The molecular weight excluding hydrogens is 196 g/mol. The van der Waals surface area contributed by atoms with E-state index in [1.165, 1.54) is 0 Å². The van der Waals surface area contributed by atoms with E-state index in [-0.39, 0.29) is 13.2 Å². The number of hydrogen-bond donors (Lipinski definition) is 2. The SMILES string of the molecule is CCOCC(COC(=O)O)OC(=O)O. The van der Waals surface area contributed by atoms with Crippen LogP contribution in [0.2, 0.25) is 0 Å². The van der Waals surface area contributed by atoms with Gasteiger partial charge < -0.3 is 24.4 Å². The van der Waals surface area contributed by atoms with E-state index in [4.69, 9.17) is 14.9 Å². The monoisotopic (exact) mass is 208 g/mol. The number of carbonyl (C=O) groups is 2. The second-order valence-corrected chi connectivity index (χ2v) is 2.24. The lowest BCUT2D eigenvalue weighted by atomic mass is 10.4. The van der Waals surface area contributed by atoms with Gasteiger partial charge in [0.05, 0.1) is 6.61 Å². The van der Waals surface area contributed by atoms with Crippen LogP contribution < -0.4 is 0 Å². The number of ether oxygens (including phenoxy) is 3. The molecule has 0 aliphatic rings. The maximum absolute atomic E-state index is 10.1. The Hall–Kier alpha value is -1.50. The maximum Gasteiger partial charge on any atom is 0.506 e. The number of hydrogen-bond acceptors (Lipinski definition) is 5. The zero-order chi connectivity index (χ0) is 11.0. The van der Waals surface area contributed by atoms with E-state index < -0.39 is 18.4 Å². The lowest BCUT2D eigenvalue weighted by molar-refractivity contribution is -0.0329. The van der Waals surface area contributed by atoms with Crippen molar-refractivity contribution in [3.05, 3.63) is 0 Å². The quantitative estimate of drug-likeness (QED) is 0.621. The van der Waals surface area contributed by atoms with Crippen LogP contribution in [0, 0.1) is 0 Å². The van der Waals surface area contributed by atoms with Gasteiger partial charge >= 0.3 is 12.3 Å². The normalized spacial score (nSPS) is 11.8. The van der Waals surface area contributed by atoms with Gasteiger partial charge in [0, 0.05) is 6.61 Å². The molecule has 14 heavy (non-hydrogen) atoms. The molecule has 0 bridgehead atoms. The minimum absolute atomic E-state index is 0.0317. The lowest BCUT2D eigenvalue weighted by Crippen LogP contribution is -2.28. The van der Waals surface area contributed by atoms with E-state index in [0.29, 0.717) is 6.61 Å². The van der Waals surface area contributed by atoms with E-state index in [0.717, 1.165) is 0 Å². The molecule has 0 fully saturated rings. The lowest BCUT2D eigenvalue weighted by Gasteiger charge is -2.14. The zero-order valence-corrected chi connectivity index (χ0v) is 7.63. The molecule has 0 rings (SSSR count). The van der Waals surface area contributed by atoms with E-state index in [2.05, 4.69) is 9.47 Å². The van der Waals surface area contributed by atoms with Gasteiger partial charge in [0.25, 0.3) is 0 Å². The standard InChI is InChI=1S/C7H12O7/c1-2-12-3-5(14-7(10)11)4-13-6(8)9/h5H,2-4H2,1H3,(H,8,9)(H,10,11). The Morgan fingerprint density at radius 2 is 1.86 bits per heavy atom. The highest BCUT2D eigenvalue weighted by molar-refractivity contribution is 5.58. The summed E-state index contributed by atoms with van der Waals surface area (Å²) in [7, 11) is 0. The van der Waals surface area contributed by atoms with Gasteiger partial charge in [0.1, 0.15) is 6.61 Å². The summed E-state index contributed by atoms with van der Waals surface area (Å²) < 4.78 is 13.3. The molecule has 0 spiro atoms. The third-order valence-corrected chi connectivity index (χ3v) is 1.17. The highest BCUT2D eigenvalue weighted by Gasteiger charge is 2.15. The summed E-state index contributed by atoms with van der Waals surface area (Å²) in [6, 6.07) is 0. The second-order valence-electron chi connectivity index (χ2n) is 2.24. The fourth-order valence-corrected chi connectivity index (χ4v) is 0.672. The molecule has 0 aromatic rings. The van der Waals surface area contributed by atoms with Gasteiger partial charge in [-0.15, -0.1) is 0 Å². The Kier molecular flexibility index (Phi) is 6.21. The topological polar surface area (TPSA) is 102 Å². The molecular formula is C7H12O7. The summed E-state index contributed by atoms with van der Waals surface area (Å²) in [5, 5.41) is 16.4. The molecule has 0 aliphatic carbocycles. The van der Waals surface area contributed by atoms with Crippen molar-refractivity contribution in [2.75, 3.05) is 19.8 Å². The van der Waals surface area contributed by atoms with Gasteiger partial charge in [-0.3, -0.25) is 0 Å². The molecule has 0 aromatic carbocycles. The molecule has 0 aromatic heterocycles. The van der Waals surface area contributed by atoms with Crippen molar-refractivity contribution in [3.63, 3.8) is 0 Å². The smallest absolute Gasteiger partial charge is 0.450 e. The van der Waals surface area contributed by atoms with Crippen molar-refractivity contribution in [2.45, 2.75) is 13.0 Å². The van der Waals surface area contributed by atoms with Crippen molar-refractivity contribution in [1.82, 2.24) is 0 Å². The van der Waals surface area contributed by atoms with Gasteiger partial charge in [-0.1, -0.05) is 0 Å². The molecule has 82 valence electrons. The maximum atomic E-state index is 10.1. The molecule has 7 heteroatoms. The molecule has 7 nitrogen and oxygen atoms in total. The molecule has 0 saturated heterocycles. The Morgan fingerprint density at radius 1 is 1.21 bits per heavy atom. The fourth-order valence-electron chi connectivity index (χ4n) is 0.672. The van der Waals surface area contributed by atoms with E-state index in [1.54, 1.807) is 6.92 Å². The average Bonchev–Trinajstić information content (AvgIpc) is 2.09. The van der Waals surface area contributed by atoms with E-state index >= 15 is 0 Å². The third-order valence-electron chi connectivity index (χ3n) is 1.17. The van der Waals surface area contributed by atoms with Gasteiger partial charge in [-0.05, 0) is 6.92 Å². The number of rotatable bonds is 6. The Labute approximate surface area is 80.2 Å². The van der Waals surface area contributed by atoms with Crippen molar-refractivity contribution >= 4 is 12.3 Å². The van der Waals surface area contributed by atoms with Crippen molar-refractivity contribution in [1.29, 1.82) is 0 Å². The summed E-state index contributed by atoms with van der Waals surface area (Å²) >= 11 is 0. The molecule has 0 heterocycles. The molecule has 0 aliphatic heterocycles. The minimum atomic E-state index is -1.50. The minimum Gasteiger partial charge on any atom is -0.450 e. The van der Waals surface area contributed by atoms with E-state index in [9.17, 15) is 9.59 Å². The highest BCUT2D eigenvalue weighted by Crippen LogP contribution is 1.96. The van der Waals surface area contributed by atoms with Gasteiger partial charge in [-0.25, -0.2) is 9.59 Å². The molecule has 0 radical (unpaired) electrons. The second kappa shape index (κ2) is 6.96. The Balaban J connectivity index is 3.83. The summed E-state index contributed by atoms with van der Waals surface area (Å²) in [4.78, 5) is 20.1. The van der Waals surface area contributed by atoms with Crippen LogP contribution in [0.15, 0.2) is 0 Å². The van der Waals surface area contributed by atoms with Crippen LogP contribution >= 0.6 is 0 Å². The van der Waals surface area contributed by atoms with Crippen molar-refractivity contribution in [3.8, 4) is 0 Å². The van der Waals surface area contributed by atoms with Crippen LogP contribution in [0.4, 0.5) is 9.59 Å². The summed E-state index contributed by atoms with van der Waals surface area (Å²) in [6.45, 7) is 1.69. The largest absolute Gasteiger partial charge is 0.506 e. The fraction of sp³-hybridized carbons (Fsp3) is 0.714. The summed E-state index contributed by atoms with van der Waals surface area (Å²) in [5.74, 6) is 0. The van der Waals surface area contributed by atoms with Crippen LogP contribution in [-0.4, -0.2) is 48.4 Å². The molecule has 2 N–H and O–H groups in total. The summed E-state index contributed by atoms with van der Waals surface area (Å²) in [6.07, 6.45) is -3.91. The molecule has 1 atom stereocenters. The summed E-state index contributed by atoms with van der Waals surface area (Å²) in [5.41, 5.74) is 0. The van der Waals surface area contributed by atoms with Crippen LogP contribution in [0.3, 0.4) is 0 Å². The predicted molar refractivity (Wildman–Crippen MR) is 43.4 cm³/mol. The van der Waals surface area contributed by atoms with Crippen molar-refractivity contribution < 1.29 is 34.0 Å². The molecule has 1 unspecified atom stereocenters. The first kappa shape index (κ1) is 12.5. The number of carboxylic acid groups (broad SMARTS) is 2. The van der Waals surface area contributed by atoms with Crippen LogP contribution in [0.1, 0.15) is 6.92 Å². The van der Waals surface area contributed by atoms with Gasteiger partial charge in [0.2, 0.25) is 0 Å². The first-order valence-corrected chi connectivity index (χ1v) is 3.89. The third kappa shape index (κ3) is 7.17. The Morgan fingerprint density at radius 3 is 2.29 bits per heavy atom. The predicted octanol–water partition coefficient (Wildman–Crippen LogP) is 0.781. The molecule has 0 saturated carbocycles. The van der Waals surface area contributed by atoms with Crippen LogP contribution in [0.5, 0.6) is 0 Å². The van der Waals surface area contributed by atoms with E-state index in [1.807, 2.05) is 0 Å². The first-order chi connectivity index (χ1) is 6.56.